The third-order valence-corrected chi connectivity index (χ3v) is 5.71. The van der Waals surface area contributed by atoms with Gasteiger partial charge < -0.3 is 48.3 Å². The summed E-state index contributed by atoms with van der Waals surface area (Å²) in [5.74, 6) is -4.51. The van der Waals surface area contributed by atoms with Crippen LogP contribution in [0.1, 0.15) is 48.5 Å². The molecule has 10 atom stereocenters. The van der Waals surface area contributed by atoms with Gasteiger partial charge in [-0.15, -0.1) is 0 Å². The van der Waals surface area contributed by atoms with Crippen molar-refractivity contribution in [3.8, 4) is 0 Å². The molecule has 0 spiro atoms. The first-order chi connectivity index (χ1) is 18.6. The number of ether oxygens (including phenoxy) is 8. The molecular weight excluding hydrogens is 542 g/mol. The molecule has 40 heavy (non-hydrogen) atoms. The number of aliphatic hydroxyl groups excluding tert-OH is 1. The molecule has 0 aromatic rings. The number of nitrogens with one attached hydrogen (secondary N) is 1. The topological polar surface area (TPSA) is 209 Å². The van der Waals surface area contributed by atoms with Gasteiger partial charge in [-0.25, -0.2) is 0 Å². The number of hydrogen-bond donors (Lipinski definition) is 2. The third kappa shape index (κ3) is 9.11. The van der Waals surface area contributed by atoms with Gasteiger partial charge in [-0.3, -0.25) is 28.8 Å². The molecule has 2 saturated heterocycles. The number of rotatable bonds is 9. The molecule has 16 heteroatoms. The lowest BCUT2D eigenvalue weighted by Crippen LogP contribution is -2.68. The Hall–Kier alpha value is -3.34. The first-order valence-electron chi connectivity index (χ1n) is 12.3. The molecular formula is C24H35NO15. The Morgan fingerprint density at radius 1 is 0.675 bits per heavy atom. The number of aliphatic hydroxyl groups is 1. The summed E-state index contributed by atoms with van der Waals surface area (Å²) in [5, 5.41) is 13.2. The average Bonchev–Trinajstić information content (AvgIpc) is 2.80. The van der Waals surface area contributed by atoms with Crippen LogP contribution in [0, 0.1) is 0 Å². The Bertz CT molecular complexity index is 970. The molecule has 2 N–H and O–H groups in total. The molecule has 0 aliphatic carbocycles. The van der Waals surface area contributed by atoms with E-state index in [4.69, 9.17) is 37.9 Å². The minimum Gasteiger partial charge on any atom is -0.463 e. The molecule has 1 amide bonds. The van der Waals surface area contributed by atoms with Gasteiger partial charge in [0.15, 0.2) is 37.0 Å². The van der Waals surface area contributed by atoms with Gasteiger partial charge in [0.25, 0.3) is 0 Å². The van der Waals surface area contributed by atoms with Crippen molar-refractivity contribution in [3.63, 3.8) is 0 Å². The van der Waals surface area contributed by atoms with E-state index in [1.807, 2.05) is 0 Å². The molecule has 0 saturated carbocycles. The second kappa shape index (κ2) is 14.3. The summed E-state index contributed by atoms with van der Waals surface area (Å²) in [4.78, 5) is 71.2. The minimum absolute atomic E-state index is 0.475. The Kier molecular flexibility index (Phi) is 11.8. The molecule has 0 aromatic heterocycles. The summed E-state index contributed by atoms with van der Waals surface area (Å²) in [6, 6.07) is -1.38. The number of esters is 5. The van der Waals surface area contributed by atoms with Gasteiger partial charge in [0.05, 0.1) is 6.10 Å². The van der Waals surface area contributed by atoms with Crippen molar-refractivity contribution in [1.82, 2.24) is 5.32 Å². The van der Waals surface area contributed by atoms with Crippen LogP contribution in [0.3, 0.4) is 0 Å². The van der Waals surface area contributed by atoms with E-state index in [1.54, 1.807) is 0 Å². The molecule has 0 bridgehead atoms. The molecule has 2 aliphatic rings. The first kappa shape index (κ1) is 32.9. The molecule has 0 radical (unpaired) electrons. The van der Waals surface area contributed by atoms with Gasteiger partial charge in [0, 0.05) is 41.5 Å². The highest BCUT2D eigenvalue weighted by molar-refractivity contribution is 5.73. The fraction of sp³-hybridized carbons (Fsp3) is 0.750. The SMILES string of the molecule is CC(=O)N[C@H]1[C@H](O[C@@H]2O[C@H](C)[C@@H](OC(C)=O)[C@H](OC(C)=O)[C@@H]2OC(C)=O)[C@H](OC(C)=O)[C@@H](COC(C)=O)O[C@H]1O. The molecule has 2 heterocycles. The lowest BCUT2D eigenvalue weighted by atomic mass is 9.95. The van der Waals surface area contributed by atoms with E-state index in [-0.39, 0.29) is 0 Å². The standard InChI is InChI=1S/C24H35NO15/c1-9-18(35-12(4)28)21(37-14(6)30)22(38-15(7)31)24(34-9)40-20-17(25-10(2)26)23(32)39-16(8-33-11(3)27)19(20)36-13(5)29/h9,16-24,32H,8H2,1-7H3,(H,25,26)/t9-,16-,17+,18-,19-,20+,21+,22+,23-,24+/m1/s1. The average molecular weight is 578 g/mol. The van der Waals surface area contributed by atoms with Gasteiger partial charge in [-0.1, -0.05) is 0 Å². The van der Waals surface area contributed by atoms with E-state index in [9.17, 15) is 33.9 Å². The van der Waals surface area contributed by atoms with E-state index in [0.717, 1.165) is 41.5 Å². The van der Waals surface area contributed by atoms with Gasteiger partial charge in [0.2, 0.25) is 5.91 Å². The summed E-state index contributed by atoms with van der Waals surface area (Å²) in [7, 11) is 0. The monoisotopic (exact) mass is 577 g/mol. The van der Waals surface area contributed by atoms with Crippen LogP contribution in [-0.4, -0.2) is 109 Å². The number of carbonyl (C=O) groups is 6. The zero-order valence-electron chi connectivity index (χ0n) is 23.1. The Morgan fingerprint density at radius 2 is 1.18 bits per heavy atom. The van der Waals surface area contributed by atoms with E-state index >= 15 is 0 Å². The summed E-state index contributed by atoms with van der Waals surface area (Å²) < 4.78 is 43.9. The Morgan fingerprint density at radius 3 is 1.68 bits per heavy atom. The molecule has 2 aliphatic heterocycles. The zero-order valence-corrected chi connectivity index (χ0v) is 23.1. The number of hydrogen-bond acceptors (Lipinski definition) is 15. The maximum atomic E-state index is 12.0. The minimum atomic E-state index is -1.76. The van der Waals surface area contributed by atoms with Crippen LogP contribution in [-0.2, 0) is 66.7 Å². The fourth-order valence-corrected chi connectivity index (χ4v) is 4.37. The lowest BCUT2D eigenvalue weighted by molar-refractivity contribution is -0.340. The molecule has 2 fully saturated rings. The summed E-state index contributed by atoms with van der Waals surface area (Å²) >= 11 is 0. The Balaban J connectivity index is 2.56. The predicted octanol–water partition coefficient (Wildman–Crippen LogP) is -1.37. The second-order valence-electron chi connectivity index (χ2n) is 9.20. The van der Waals surface area contributed by atoms with Crippen molar-refractivity contribution in [2.24, 2.45) is 0 Å². The Labute approximate surface area is 229 Å². The van der Waals surface area contributed by atoms with E-state index in [2.05, 4.69) is 5.32 Å². The van der Waals surface area contributed by atoms with Crippen LogP contribution in [0.2, 0.25) is 0 Å². The predicted molar refractivity (Wildman–Crippen MR) is 127 cm³/mol. The zero-order chi connectivity index (χ0) is 30.3. The summed E-state index contributed by atoms with van der Waals surface area (Å²) in [5.41, 5.74) is 0. The summed E-state index contributed by atoms with van der Waals surface area (Å²) in [6.07, 6.45) is -12.7. The van der Waals surface area contributed by atoms with Crippen LogP contribution in [0.5, 0.6) is 0 Å². The highest BCUT2D eigenvalue weighted by Gasteiger charge is 2.55. The quantitative estimate of drug-likeness (QED) is 0.239. The highest BCUT2D eigenvalue weighted by Crippen LogP contribution is 2.33. The van der Waals surface area contributed by atoms with Crippen molar-refractivity contribution in [2.75, 3.05) is 6.61 Å². The fourth-order valence-electron chi connectivity index (χ4n) is 4.37. The molecule has 226 valence electrons. The van der Waals surface area contributed by atoms with Crippen molar-refractivity contribution >= 4 is 35.8 Å². The van der Waals surface area contributed by atoms with Crippen molar-refractivity contribution in [2.45, 2.75) is 110 Å². The van der Waals surface area contributed by atoms with Crippen molar-refractivity contribution in [3.05, 3.63) is 0 Å². The summed E-state index contributed by atoms with van der Waals surface area (Å²) in [6.45, 7) is 7.63. The van der Waals surface area contributed by atoms with Crippen LogP contribution in [0.15, 0.2) is 0 Å². The number of amides is 1. The molecule has 0 unspecified atom stereocenters. The van der Waals surface area contributed by atoms with Crippen LogP contribution < -0.4 is 5.32 Å². The molecule has 16 nitrogen and oxygen atoms in total. The van der Waals surface area contributed by atoms with E-state index in [1.165, 1.54) is 6.92 Å². The maximum Gasteiger partial charge on any atom is 0.303 e. The van der Waals surface area contributed by atoms with Crippen molar-refractivity contribution < 1.29 is 71.8 Å². The second-order valence-corrected chi connectivity index (χ2v) is 9.20. The smallest absolute Gasteiger partial charge is 0.303 e. The first-order valence-corrected chi connectivity index (χ1v) is 12.3. The van der Waals surface area contributed by atoms with Crippen LogP contribution in [0.4, 0.5) is 0 Å². The number of carbonyl (C=O) groups excluding carboxylic acids is 6. The molecule has 0 aromatic carbocycles. The van der Waals surface area contributed by atoms with Crippen molar-refractivity contribution in [1.29, 1.82) is 0 Å². The lowest BCUT2D eigenvalue weighted by Gasteiger charge is -2.48. The van der Waals surface area contributed by atoms with Gasteiger partial charge >= 0.3 is 29.8 Å². The van der Waals surface area contributed by atoms with E-state index in [0.29, 0.717) is 0 Å². The largest absolute Gasteiger partial charge is 0.463 e. The van der Waals surface area contributed by atoms with Gasteiger partial charge in [-0.05, 0) is 6.92 Å². The molecule has 2 rings (SSSR count). The normalized spacial score (nSPS) is 33.6. The van der Waals surface area contributed by atoms with Crippen LogP contribution in [0.25, 0.3) is 0 Å². The van der Waals surface area contributed by atoms with E-state index < -0.39 is 104 Å². The van der Waals surface area contributed by atoms with Gasteiger partial charge in [0.1, 0.15) is 24.9 Å². The van der Waals surface area contributed by atoms with Gasteiger partial charge in [-0.2, -0.15) is 0 Å². The highest BCUT2D eigenvalue weighted by atomic mass is 16.7. The third-order valence-electron chi connectivity index (χ3n) is 5.71. The maximum absolute atomic E-state index is 12.0. The van der Waals surface area contributed by atoms with Crippen LogP contribution >= 0.6 is 0 Å².